The van der Waals surface area contributed by atoms with Gasteiger partial charge in [-0.3, -0.25) is 4.31 Å². The molecule has 0 saturated carbocycles. The second-order valence-electron chi connectivity index (χ2n) is 4.91. The third-order valence-electron chi connectivity index (χ3n) is 3.29. The van der Waals surface area contributed by atoms with Gasteiger partial charge in [-0.2, -0.15) is 0 Å². The van der Waals surface area contributed by atoms with Gasteiger partial charge < -0.3 is 4.74 Å². The number of ether oxygens (including phenoxy) is 1. The van der Waals surface area contributed by atoms with Crippen LogP contribution in [0.5, 0.6) is 0 Å². The Labute approximate surface area is 142 Å². The first-order chi connectivity index (χ1) is 11.5. The Balaban J connectivity index is 2.38. The van der Waals surface area contributed by atoms with Crippen molar-refractivity contribution in [2.45, 2.75) is 11.8 Å². The molecular weight excluding hydrogens is 326 g/mol. The molecule has 2 aromatic rings. The van der Waals surface area contributed by atoms with Crippen molar-refractivity contribution in [3.63, 3.8) is 0 Å². The molecule has 0 aliphatic heterocycles. The summed E-state index contributed by atoms with van der Waals surface area (Å²) in [6.45, 7) is 5.75. The molecule has 0 fully saturated rings. The molecule has 0 aromatic heterocycles. The highest BCUT2D eigenvalue weighted by Gasteiger charge is 2.23. The maximum Gasteiger partial charge on any atom is 0.338 e. The lowest BCUT2D eigenvalue weighted by atomic mass is 10.2. The Morgan fingerprint density at radius 2 is 1.75 bits per heavy atom. The van der Waals surface area contributed by atoms with Crippen molar-refractivity contribution >= 4 is 21.7 Å². The van der Waals surface area contributed by atoms with Crippen LogP contribution in [0.2, 0.25) is 0 Å². The van der Waals surface area contributed by atoms with Gasteiger partial charge >= 0.3 is 5.97 Å². The normalized spacial score (nSPS) is 10.9. The smallest absolute Gasteiger partial charge is 0.338 e. The second-order valence-corrected chi connectivity index (χ2v) is 6.77. The second kappa shape index (κ2) is 7.79. The summed E-state index contributed by atoms with van der Waals surface area (Å²) in [6.07, 6.45) is 1.51. The summed E-state index contributed by atoms with van der Waals surface area (Å²) < 4.78 is 31.8. The van der Waals surface area contributed by atoms with Gasteiger partial charge in [-0.05, 0) is 43.3 Å². The standard InChI is InChI=1S/C18H19NO4S/c1-3-14-19(24(21,22)17-8-6-5-7-9-17)16-12-10-15(11-13-16)18(20)23-4-2/h3,5-13H,1,4,14H2,2H3. The molecule has 0 unspecified atom stereocenters. The molecule has 0 amide bonds. The first kappa shape index (κ1) is 17.7. The Hall–Kier alpha value is -2.60. The monoisotopic (exact) mass is 345 g/mol. The van der Waals surface area contributed by atoms with E-state index in [9.17, 15) is 13.2 Å². The summed E-state index contributed by atoms with van der Waals surface area (Å²) in [5.41, 5.74) is 0.822. The van der Waals surface area contributed by atoms with E-state index in [4.69, 9.17) is 4.74 Å². The summed E-state index contributed by atoms with van der Waals surface area (Å²) in [5.74, 6) is -0.440. The molecule has 0 spiro atoms. The molecule has 0 heterocycles. The van der Waals surface area contributed by atoms with E-state index in [1.54, 1.807) is 61.5 Å². The van der Waals surface area contributed by atoms with E-state index in [0.29, 0.717) is 11.3 Å². The van der Waals surface area contributed by atoms with Crippen LogP contribution in [0.3, 0.4) is 0 Å². The molecule has 2 aromatic carbocycles. The molecule has 6 heteroatoms. The highest BCUT2D eigenvalue weighted by molar-refractivity contribution is 7.92. The lowest BCUT2D eigenvalue weighted by Gasteiger charge is -2.23. The van der Waals surface area contributed by atoms with Gasteiger partial charge in [0.2, 0.25) is 0 Å². The number of hydrogen-bond acceptors (Lipinski definition) is 4. The van der Waals surface area contributed by atoms with Crippen LogP contribution >= 0.6 is 0 Å². The van der Waals surface area contributed by atoms with Gasteiger partial charge in [-0.1, -0.05) is 24.3 Å². The molecule has 0 saturated heterocycles. The molecule has 2 rings (SSSR count). The zero-order valence-electron chi connectivity index (χ0n) is 13.4. The van der Waals surface area contributed by atoms with Crippen LogP contribution in [0.25, 0.3) is 0 Å². The summed E-state index contributed by atoms with van der Waals surface area (Å²) in [7, 11) is -3.71. The first-order valence-electron chi connectivity index (χ1n) is 7.46. The fraction of sp³-hybridized carbons (Fsp3) is 0.167. The van der Waals surface area contributed by atoms with Crippen LogP contribution in [-0.2, 0) is 14.8 Å². The van der Waals surface area contributed by atoms with Crippen molar-refractivity contribution in [2.75, 3.05) is 17.5 Å². The fourth-order valence-corrected chi connectivity index (χ4v) is 3.61. The number of sulfonamides is 1. The number of benzene rings is 2. The van der Waals surface area contributed by atoms with Crippen LogP contribution in [0.4, 0.5) is 5.69 Å². The maximum absolute atomic E-state index is 12.8. The van der Waals surface area contributed by atoms with Gasteiger partial charge in [0, 0.05) is 0 Å². The topological polar surface area (TPSA) is 63.7 Å². The Kier molecular flexibility index (Phi) is 5.76. The molecule has 0 atom stereocenters. The van der Waals surface area contributed by atoms with Gasteiger partial charge in [-0.15, -0.1) is 6.58 Å². The zero-order valence-corrected chi connectivity index (χ0v) is 14.2. The van der Waals surface area contributed by atoms with Crippen molar-refractivity contribution in [2.24, 2.45) is 0 Å². The van der Waals surface area contributed by atoms with Crippen LogP contribution in [0, 0.1) is 0 Å². The lowest BCUT2D eigenvalue weighted by Crippen LogP contribution is -2.31. The Bertz CT molecular complexity index is 799. The van der Waals surface area contributed by atoms with Crippen molar-refractivity contribution in [1.29, 1.82) is 0 Å². The number of anilines is 1. The molecule has 0 bridgehead atoms. The summed E-state index contributed by atoms with van der Waals surface area (Å²) in [4.78, 5) is 11.9. The first-order valence-corrected chi connectivity index (χ1v) is 8.90. The van der Waals surface area contributed by atoms with Crippen LogP contribution in [0.1, 0.15) is 17.3 Å². The van der Waals surface area contributed by atoms with E-state index in [1.165, 1.54) is 10.4 Å². The van der Waals surface area contributed by atoms with Gasteiger partial charge in [0.15, 0.2) is 0 Å². The molecule has 0 N–H and O–H groups in total. The van der Waals surface area contributed by atoms with Crippen molar-refractivity contribution in [1.82, 2.24) is 0 Å². The van der Waals surface area contributed by atoms with Crippen LogP contribution in [-0.4, -0.2) is 27.5 Å². The van der Waals surface area contributed by atoms with E-state index in [-0.39, 0.29) is 18.0 Å². The number of rotatable bonds is 7. The lowest BCUT2D eigenvalue weighted by molar-refractivity contribution is 0.0526. The summed E-state index contributed by atoms with van der Waals surface area (Å²) in [5, 5.41) is 0. The van der Waals surface area contributed by atoms with Crippen molar-refractivity contribution in [3.05, 3.63) is 72.8 Å². The van der Waals surface area contributed by atoms with E-state index in [2.05, 4.69) is 6.58 Å². The van der Waals surface area contributed by atoms with Crippen LogP contribution < -0.4 is 4.31 Å². The third kappa shape index (κ3) is 3.83. The molecule has 5 nitrogen and oxygen atoms in total. The predicted octanol–water partition coefficient (Wildman–Crippen LogP) is 3.24. The molecular formula is C18H19NO4S. The van der Waals surface area contributed by atoms with Crippen molar-refractivity contribution < 1.29 is 17.9 Å². The van der Waals surface area contributed by atoms with Gasteiger partial charge in [0.05, 0.1) is 29.3 Å². The molecule has 0 aliphatic carbocycles. The Morgan fingerprint density at radius 3 is 2.29 bits per heavy atom. The number of carbonyl (C=O) groups excluding carboxylic acids is 1. The van der Waals surface area contributed by atoms with E-state index in [0.717, 1.165) is 0 Å². The molecule has 24 heavy (non-hydrogen) atoms. The van der Waals surface area contributed by atoms with Gasteiger partial charge in [0.25, 0.3) is 10.0 Å². The minimum atomic E-state index is -3.71. The third-order valence-corrected chi connectivity index (χ3v) is 5.10. The van der Waals surface area contributed by atoms with E-state index in [1.807, 2.05) is 0 Å². The van der Waals surface area contributed by atoms with E-state index < -0.39 is 16.0 Å². The summed E-state index contributed by atoms with van der Waals surface area (Å²) >= 11 is 0. The van der Waals surface area contributed by atoms with Gasteiger partial charge in [-0.25, -0.2) is 13.2 Å². The maximum atomic E-state index is 12.8. The zero-order chi connectivity index (χ0) is 17.6. The number of nitrogens with zero attached hydrogens (tertiary/aromatic N) is 1. The average molecular weight is 345 g/mol. The highest BCUT2D eigenvalue weighted by Crippen LogP contribution is 2.24. The summed E-state index contributed by atoms with van der Waals surface area (Å²) in [6, 6.07) is 14.4. The van der Waals surface area contributed by atoms with Crippen LogP contribution in [0.15, 0.2) is 72.1 Å². The number of hydrogen-bond donors (Lipinski definition) is 0. The number of esters is 1. The fourth-order valence-electron chi connectivity index (χ4n) is 2.16. The van der Waals surface area contributed by atoms with Gasteiger partial charge in [0.1, 0.15) is 0 Å². The predicted molar refractivity (Wildman–Crippen MR) is 93.6 cm³/mol. The SMILES string of the molecule is C=CCN(c1ccc(C(=O)OCC)cc1)S(=O)(=O)c1ccccc1. The minimum Gasteiger partial charge on any atom is -0.462 e. The minimum absolute atomic E-state index is 0.121. The number of carbonyl (C=O) groups is 1. The average Bonchev–Trinajstić information content (AvgIpc) is 2.60. The molecule has 126 valence electrons. The molecule has 0 aliphatic rings. The van der Waals surface area contributed by atoms with Crippen molar-refractivity contribution in [3.8, 4) is 0 Å². The quantitative estimate of drug-likeness (QED) is 0.571. The molecule has 0 radical (unpaired) electrons. The Morgan fingerprint density at radius 1 is 1.12 bits per heavy atom. The largest absolute Gasteiger partial charge is 0.462 e. The van der Waals surface area contributed by atoms with E-state index >= 15 is 0 Å². The highest BCUT2D eigenvalue weighted by atomic mass is 32.2.